The Kier molecular flexibility index (Phi) is 3.01. The fourth-order valence-corrected chi connectivity index (χ4v) is 1.08. The Bertz CT molecular complexity index is 359. The van der Waals surface area contributed by atoms with E-state index in [4.69, 9.17) is 5.11 Å². The van der Waals surface area contributed by atoms with Crippen molar-refractivity contribution in [2.24, 2.45) is 0 Å². The number of carboxylic acids is 1. The predicted molar refractivity (Wildman–Crippen MR) is 44.2 cm³/mol. The largest absolute Gasteiger partial charge is 0.481 e. The first-order chi connectivity index (χ1) is 6.80. The zero-order valence-corrected chi connectivity index (χ0v) is 7.82. The first kappa shape index (κ1) is 11.5. The van der Waals surface area contributed by atoms with Crippen molar-refractivity contribution >= 4 is 5.97 Å². The summed E-state index contributed by atoms with van der Waals surface area (Å²) in [6.45, 7) is 1.49. The monoisotopic (exact) mass is 222 g/mol. The third kappa shape index (κ3) is 2.97. The van der Waals surface area contributed by atoms with E-state index in [2.05, 4.69) is 5.10 Å². The molecule has 1 atom stereocenters. The van der Waals surface area contributed by atoms with Gasteiger partial charge in [0, 0.05) is 6.20 Å². The number of carbonyl (C=O) groups is 1. The Morgan fingerprint density at radius 3 is 2.67 bits per heavy atom. The van der Waals surface area contributed by atoms with Crippen molar-refractivity contribution in [1.29, 1.82) is 0 Å². The van der Waals surface area contributed by atoms with E-state index < -0.39 is 23.9 Å². The minimum Gasteiger partial charge on any atom is -0.481 e. The highest BCUT2D eigenvalue weighted by Crippen LogP contribution is 2.28. The van der Waals surface area contributed by atoms with Crippen molar-refractivity contribution in [3.63, 3.8) is 0 Å². The molecule has 84 valence electrons. The average Bonchev–Trinajstić information content (AvgIpc) is 2.48. The molecule has 0 spiro atoms. The van der Waals surface area contributed by atoms with Gasteiger partial charge in [-0.15, -0.1) is 0 Å². The lowest BCUT2D eigenvalue weighted by molar-refractivity contribution is -0.141. The number of halogens is 3. The molecule has 0 radical (unpaired) electrons. The minimum absolute atomic E-state index is 0.265. The molecule has 0 fully saturated rings. The molecule has 0 aliphatic carbocycles. The highest BCUT2D eigenvalue weighted by atomic mass is 19.4. The van der Waals surface area contributed by atoms with E-state index in [1.54, 1.807) is 0 Å². The Morgan fingerprint density at radius 2 is 2.27 bits per heavy atom. The topological polar surface area (TPSA) is 55.1 Å². The van der Waals surface area contributed by atoms with Gasteiger partial charge in [-0.1, -0.05) is 0 Å². The molecule has 0 unspecified atom stereocenters. The van der Waals surface area contributed by atoms with Crippen molar-refractivity contribution in [1.82, 2.24) is 9.78 Å². The van der Waals surface area contributed by atoms with Crippen LogP contribution in [0.25, 0.3) is 0 Å². The van der Waals surface area contributed by atoms with E-state index in [1.807, 2.05) is 0 Å². The van der Waals surface area contributed by atoms with Crippen LogP contribution >= 0.6 is 0 Å². The van der Waals surface area contributed by atoms with Gasteiger partial charge in [0.2, 0.25) is 0 Å². The first-order valence-corrected chi connectivity index (χ1v) is 4.15. The third-order valence-electron chi connectivity index (χ3n) is 1.82. The number of hydrogen-bond acceptors (Lipinski definition) is 2. The van der Waals surface area contributed by atoms with Crippen LogP contribution in [-0.4, -0.2) is 20.9 Å². The van der Waals surface area contributed by atoms with Crippen LogP contribution in [0, 0.1) is 0 Å². The van der Waals surface area contributed by atoms with Gasteiger partial charge in [-0.25, -0.2) is 0 Å². The highest BCUT2D eigenvalue weighted by molar-refractivity contribution is 5.67. The van der Waals surface area contributed by atoms with Gasteiger partial charge in [0.1, 0.15) is 0 Å². The second kappa shape index (κ2) is 3.92. The van der Waals surface area contributed by atoms with E-state index in [0.717, 1.165) is 16.9 Å². The summed E-state index contributed by atoms with van der Waals surface area (Å²) in [6, 6.07) is 0.219. The van der Waals surface area contributed by atoms with Gasteiger partial charge in [0.25, 0.3) is 0 Å². The van der Waals surface area contributed by atoms with Crippen LogP contribution in [0.4, 0.5) is 13.2 Å². The molecule has 0 amide bonds. The molecule has 0 saturated heterocycles. The molecular formula is C8H9F3N2O2. The smallest absolute Gasteiger partial charge is 0.435 e. The number of nitrogens with zero attached hydrogens (tertiary/aromatic N) is 2. The van der Waals surface area contributed by atoms with Crippen molar-refractivity contribution < 1.29 is 23.1 Å². The Hall–Kier alpha value is -1.53. The van der Waals surface area contributed by atoms with Crippen LogP contribution in [-0.2, 0) is 11.0 Å². The number of hydrogen-bond donors (Lipinski definition) is 1. The van der Waals surface area contributed by atoms with Crippen molar-refractivity contribution in [3.05, 3.63) is 18.0 Å². The second-order valence-corrected chi connectivity index (χ2v) is 3.13. The van der Waals surface area contributed by atoms with Crippen LogP contribution in [0.1, 0.15) is 25.1 Å². The van der Waals surface area contributed by atoms with Gasteiger partial charge in [-0.2, -0.15) is 18.3 Å². The highest BCUT2D eigenvalue weighted by Gasteiger charge is 2.33. The number of carboxylic acid groups (broad SMARTS) is 1. The maximum Gasteiger partial charge on any atom is 0.435 e. The van der Waals surface area contributed by atoms with E-state index in [-0.39, 0.29) is 6.42 Å². The Balaban J connectivity index is 2.80. The summed E-state index contributed by atoms with van der Waals surface area (Å²) in [5.74, 6) is -1.08. The Labute approximate surface area is 83.3 Å². The minimum atomic E-state index is -4.49. The van der Waals surface area contributed by atoms with Gasteiger partial charge < -0.3 is 5.11 Å². The van der Waals surface area contributed by atoms with Crippen LogP contribution < -0.4 is 0 Å². The fourth-order valence-electron chi connectivity index (χ4n) is 1.08. The molecule has 0 aliphatic heterocycles. The maximum atomic E-state index is 12.1. The molecule has 1 heterocycles. The molecule has 0 bridgehead atoms. The van der Waals surface area contributed by atoms with Crippen molar-refractivity contribution in [2.45, 2.75) is 25.6 Å². The molecule has 1 aromatic heterocycles. The molecule has 15 heavy (non-hydrogen) atoms. The van der Waals surface area contributed by atoms with Crippen LogP contribution in [0.5, 0.6) is 0 Å². The second-order valence-electron chi connectivity index (χ2n) is 3.13. The van der Waals surface area contributed by atoms with Crippen LogP contribution in [0.2, 0.25) is 0 Å². The summed E-state index contributed by atoms with van der Waals surface area (Å²) in [4.78, 5) is 10.3. The van der Waals surface area contributed by atoms with Gasteiger partial charge in [0.05, 0.1) is 12.5 Å². The van der Waals surface area contributed by atoms with Gasteiger partial charge in [0.15, 0.2) is 5.69 Å². The predicted octanol–water partition coefficient (Wildman–Crippen LogP) is 1.94. The standard InChI is InChI=1S/C8H9F3N2O2/c1-5(4-7(14)15)13-3-2-6(12-13)8(9,10)11/h2-3,5H,4H2,1H3,(H,14,15)/t5-/m1/s1. The third-order valence-corrected chi connectivity index (χ3v) is 1.82. The zero-order chi connectivity index (χ0) is 11.6. The lowest BCUT2D eigenvalue weighted by Crippen LogP contribution is -2.13. The van der Waals surface area contributed by atoms with Gasteiger partial charge in [-0.05, 0) is 13.0 Å². The van der Waals surface area contributed by atoms with E-state index >= 15 is 0 Å². The molecule has 1 aromatic rings. The molecule has 4 nitrogen and oxygen atoms in total. The normalized spacial score (nSPS) is 13.9. The summed E-state index contributed by atoms with van der Waals surface area (Å²) >= 11 is 0. The molecule has 0 saturated carbocycles. The van der Waals surface area contributed by atoms with E-state index in [1.165, 1.54) is 6.92 Å². The van der Waals surface area contributed by atoms with E-state index in [9.17, 15) is 18.0 Å². The fraction of sp³-hybridized carbons (Fsp3) is 0.500. The maximum absolute atomic E-state index is 12.1. The molecule has 0 aliphatic rings. The quantitative estimate of drug-likeness (QED) is 0.850. The summed E-state index contributed by atoms with van der Waals surface area (Å²) in [6.07, 6.45) is -3.64. The number of aromatic nitrogens is 2. The number of alkyl halides is 3. The number of rotatable bonds is 3. The lowest BCUT2D eigenvalue weighted by atomic mass is 10.2. The Morgan fingerprint density at radius 1 is 1.67 bits per heavy atom. The SMILES string of the molecule is C[C@H](CC(=O)O)n1ccc(C(F)(F)F)n1. The molecule has 0 aromatic carbocycles. The lowest BCUT2D eigenvalue weighted by Gasteiger charge is -2.09. The summed E-state index contributed by atoms with van der Waals surface area (Å²) in [5, 5.41) is 11.7. The molecule has 1 rings (SSSR count). The summed E-state index contributed by atoms with van der Waals surface area (Å²) < 4.78 is 37.4. The first-order valence-electron chi connectivity index (χ1n) is 4.15. The van der Waals surface area contributed by atoms with Crippen LogP contribution in [0.15, 0.2) is 12.3 Å². The van der Waals surface area contributed by atoms with E-state index in [0.29, 0.717) is 0 Å². The molecule has 7 heteroatoms. The average molecular weight is 222 g/mol. The molecule has 1 N–H and O–H groups in total. The summed E-state index contributed by atoms with van der Waals surface area (Å²) in [5.41, 5.74) is -1.01. The van der Waals surface area contributed by atoms with Crippen LogP contribution in [0.3, 0.4) is 0 Å². The van der Waals surface area contributed by atoms with Gasteiger partial charge in [-0.3, -0.25) is 9.48 Å². The zero-order valence-electron chi connectivity index (χ0n) is 7.82. The van der Waals surface area contributed by atoms with Crippen molar-refractivity contribution in [3.8, 4) is 0 Å². The molecular weight excluding hydrogens is 213 g/mol. The van der Waals surface area contributed by atoms with Crippen molar-refractivity contribution in [2.75, 3.05) is 0 Å². The summed E-state index contributed by atoms with van der Waals surface area (Å²) in [7, 11) is 0. The van der Waals surface area contributed by atoms with Gasteiger partial charge >= 0.3 is 12.1 Å². The number of aliphatic carboxylic acids is 1.